The topological polar surface area (TPSA) is 21.3 Å². The first-order valence-electron chi connectivity index (χ1n) is 4.35. The minimum Gasteiger partial charge on any atom is -0.383 e. The highest BCUT2D eigenvalue weighted by Gasteiger charge is 2.15. The van der Waals surface area contributed by atoms with Gasteiger partial charge in [0, 0.05) is 12.6 Å². The summed E-state index contributed by atoms with van der Waals surface area (Å²) in [5.74, 6) is 1.23. The third kappa shape index (κ3) is 6.95. The van der Waals surface area contributed by atoms with E-state index >= 15 is 0 Å². The molecule has 0 atom stereocenters. The molecule has 0 spiro atoms. The maximum atomic E-state index is 5.10. The Bertz CT molecular complexity index is 107. The largest absolute Gasteiger partial charge is 0.383 e. The molecular formula is C9H21NOS. The normalized spacial score (nSPS) is 12.0. The van der Waals surface area contributed by atoms with Crippen LogP contribution in [0.4, 0.5) is 0 Å². The second-order valence-electron chi connectivity index (χ2n) is 3.59. The Morgan fingerprint density at radius 1 is 1.42 bits per heavy atom. The quantitative estimate of drug-likeness (QED) is 0.620. The third-order valence-electron chi connectivity index (χ3n) is 1.63. The lowest BCUT2D eigenvalue weighted by Crippen LogP contribution is -2.43. The van der Waals surface area contributed by atoms with E-state index in [1.54, 1.807) is 7.11 Å². The van der Waals surface area contributed by atoms with Gasteiger partial charge >= 0.3 is 0 Å². The van der Waals surface area contributed by atoms with Crippen LogP contribution >= 0.6 is 11.8 Å². The van der Waals surface area contributed by atoms with E-state index in [2.05, 4.69) is 25.4 Å². The first-order chi connectivity index (χ1) is 5.62. The molecule has 12 heavy (non-hydrogen) atoms. The van der Waals surface area contributed by atoms with Gasteiger partial charge in [-0.2, -0.15) is 11.8 Å². The van der Waals surface area contributed by atoms with Gasteiger partial charge < -0.3 is 10.1 Å². The Kier molecular flexibility index (Phi) is 6.90. The molecule has 2 nitrogen and oxygen atoms in total. The fourth-order valence-electron chi connectivity index (χ4n) is 1.06. The van der Waals surface area contributed by atoms with Gasteiger partial charge in [0.15, 0.2) is 0 Å². The molecule has 74 valence electrons. The van der Waals surface area contributed by atoms with E-state index in [9.17, 15) is 0 Å². The van der Waals surface area contributed by atoms with Gasteiger partial charge in [-0.25, -0.2) is 0 Å². The monoisotopic (exact) mass is 191 g/mol. The minimum absolute atomic E-state index is 0.118. The molecule has 0 rings (SSSR count). The Hall–Kier alpha value is 0.270. The number of ether oxygens (including phenoxy) is 1. The molecule has 0 aliphatic rings. The van der Waals surface area contributed by atoms with Gasteiger partial charge in [0.25, 0.3) is 0 Å². The van der Waals surface area contributed by atoms with Crippen LogP contribution in [0.5, 0.6) is 0 Å². The molecule has 0 aromatic carbocycles. The summed E-state index contributed by atoms with van der Waals surface area (Å²) >= 11 is 1.89. The maximum absolute atomic E-state index is 5.10. The first kappa shape index (κ1) is 12.3. The lowest BCUT2D eigenvalue weighted by Gasteiger charge is -2.25. The molecule has 0 heterocycles. The molecule has 0 aliphatic heterocycles. The highest BCUT2D eigenvalue weighted by atomic mass is 32.2. The summed E-state index contributed by atoms with van der Waals surface area (Å²) in [6.07, 6.45) is 3.37. The van der Waals surface area contributed by atoms with Crippen molar-refractivity contribution in [1.82, 2.24) is 5.32 Å². The SMILES string of the molecule is COCC(C)(C)NCCCSC. The molecule has 0 aliphatic carbocycles. The molecule has 0 aromatic rings. The van der Waals surface area contributed by atoms with Crippen molar-refractivity contribution < 1.29 is 4.74 Å². The highest BCUT2D eigenvalue weighted by molar-refractivity contribution is 7.98. The fourth-order valence-corrected chi connectivity index (χ4v) is 1.49. The zero-order valence-electron chi connectivity index (χ0n) is 8.64. The summed E-state index contributed by atoms with van der Waals surface area (Å²) in [7, 11) is 1.74. The number of rotatable bonds is 7. The van der Waals surface area contributed by atoms with E-state index in [1.165, 1.54) is 12.2 Å². The van der Waals surface area contributed by atoms with Crippen molar-refractivity contribution in [2.45, 2.75) is 25.8 Å². The molecule has 0 saturated heterocycles. The van der Waals surface area contributed by atoms with Crippen LogP contribution in [0.2, 0.25) is 0 Å². The molecule has 0 saturated carbocycles. The van der Waals surface area contributed by atoms with E-state index < -0.39 is 0 Å². The van der Waals surface area contributed by atoms with Crippen LogP contribution in [-0.2, 0) is 4.74 Å². The zero-order chi connectivity index (χ0) is 9.45. The zero-order valence-corrected chi connectivity index (χ0v) is 9.46. The van der Waals surface area contributed by atoms with Gasteiger partial charge in [0.05, 0.1) is 6.61 Å². The summed E-state index contributed by atoms with van der Waals surface area (Å²) in [5.41, 5.74) is 0.118. The summed E-state index contributed by atoms with van der Waals surface area (Å²) < 4.78 is 5.10. The molecule has 0 amide bonds. The Labute approximate surface area is 80.4 Å². The predicted molar refractivity (Wildman–Crippen MR) is 57.0 cm³/mol. The van der Waals surface area contributed by atoms with Crippen molar-refractivity contribution >= 4 is 11.8 Å². The number of hydrogen-bond acceptors (Lipinski definition) is 3. The molecular weight excluding hydrogens is 170 g/mol. The fraction of sp³-hybridized carbons (Fsp3) is 1.00. The average molecular weight is 191 g/mol. The Morgan fingerprint density at radius 2 is 2.08 bits per heavy atom. The van der Waals surface area contributed by atoms with Crippen molar-refractivity contribution in [3.63, 3.8) is 0 Å². The highest BCUT2D eigenvalue weighted by Crippen LogP contribution is 2.02. The summed E-state index contributed by atoms with van der Waals surface area (Å²) in [4.78, 5) is 0. The second kappa shape index (κ2) is 6.75. The number of thioether (sulfide) groups is 1. The van der Waals surface area contributed by atoms with Crippen molar-refractivity contribution in [1.29, 1.82) is 0 Å². The lowest BCUT2D eigenvalue weighted by molar-refractivity contribution is 0.129. The smallest absolute Gasteiger partial charge is 0.0639 e. The summed E-state index contributed by atoms with van der Waals surface area (Å²) in [6, 6.07) is 0. The molecule has 0 fully saturated rings. The van der Waals surface area contributed by atoms with E-state index in [-0.39, 0.29) is 5.54 Å². The van der Waals surface area contributed by atoms with Crippen LogP contribution in [0.3, 0.4) is 0 Å². The Balaban J connectivity index is 3.33. The number of nitrogens with one attached hydrogen (secondary N) is 1. The van der Waals surface area contributed by atoms with Crippen molar-refractivity contribution in [3.05, 3.63) is 0 Å². The summed E-state index contributed by atoms with van der Waals surface area (Å²) in [5, 5.41) is 3.46. The van der Waals surface area contributed by atoms with Crippen molar-refractivity contribution in [2.24, 2.45) is 0 Å². The van der Waals surface area contributed by atoms with Crippen LogP contribution in [-0.4, -0.2) is 37.8 Å². The van der Waals surface area contributed by atoms with Gasteiger partial charge in [-0.1, -0.05) is 0 Å². The van der Waals surface area contributed by atoms with Crippen LogP contribution in [0.25, 0.3) is 0 Å². The van der Waals surface area contributed by atoms with Crippen molar-refractivity contribution in [3.8, 4) is 0 Å². The van der Waals surface area contributed by atoms with Gasteiger partial charge in [-0.05, 0) is 38.8 Å². The molecule has 0 radical (unpaired) electrons. The second-order valence-corrected chi connectivity index (χ2v) is 4.58. The number of hydrogen-bond donors (Lipinski definition) is 1. The van der Waals surface area contributed by atoms with Gasteiger partial charge in [-0.3, -0.25) is 0 Å². The molecule has 3 heteroatoms. The first-order valence-corrected chi connectivity index (χ1v) is 5.74. The van der Waals surface area contributed by atoms with Crippen LogP contribution in [0.1, 0.15) is 20.3 Å². The Morgan fingerprint density at radius 3 is 2.58 bits per heavy atom. The minimum atomic E-state index is 0.118. The van der Waals surface area contributed by atoms with Crippen molar-refractivity contribution in [2.75, 3.05) is 32.3 Å². The van der Waals surface area contributed by atoms with Crippen LogP contribution < -0.4 is 5.32 Å². The average Bonchev–Trinajstić information content (AvgIpc) is 1.98. The maximum Gasteiger partial charge on any atom is 0.0639 e. The molecule has 0 unspecified atom stereocenters. The molecule has 0 bridgehead atoms. The predicted octanol–water partition coefficient (Wildman–Crippen LogP) is 1.75. The van der Waals surface area contributed by atoms with Crippen LogP contribution in [0, 0.1) is 0 Å². The number of methoxy groups -OCH3 is 1. The van der Waals surface area contributed by atoms with Gasteiger partial charge in [-0.15, -0.1) is 0 Å². The molecule has 1 N–H and O–H groups in total. The molecule has 0 aromatic heterocycles. The van der Waals surface area contributed by atoms with E-state index in [0.29, 0.717) is 0 Å². The third-order valence-corrected chi connectivity index (χ3v) is 2.33. The van der Waals surface area contributed by atoms with E-state index in [4.69, 9.17) is 4.74 Å². The summed E-state index contributed by atoms with van der Waals surface area (Å²) in [6.45, 7) is 6.18. The van der Waals surface area contributed by atoms with Gasteiger partial charge in [0.2, 0.25) is 0 Å². The van der Waals surface area contributed by atoms with Gasteiger partial charge in [0.1, 0.15) is 0 Å². The van der Waals surface area contributed by atoms with E-state index in [1.807, 2.05) is 11.8 Å². The van der Waals surface area contributed by atoms with Crippen LogP contribution in [0.15, 0.2) is 0 Å². The van der Waals surface area contributed by atoms with E-state index in [0.717, 1.165) is 13.2 Å². The standard InChI is InChI=1S/C9H21NOS/c1-9(2,8-11-3)10-6-5-7-12-4/h10H,5-8H2,1-4H3. The lowest BCUT2D eigenvalue weighted by atomic mass is 10.1.